The average Bonchev–Trinajstić information content (AvgIpc) is 2.32. The fourth-order valence-corrected chi connectivity index (χ4v) is 1.93. The summed E-state index contributed by atoms with van der Waals surface area (Å²) in [6.45, 7) is 0. The van der Waals surface area contributed by atoms with Gasteiger partial charge in [-0.05, 0) is 0 Å². The summed E-state index contributed by atoms with van der Waals surface area (Å²) in [7, 11) is 1.27. The summed E-state index contributed by atoms with van der Waals surface area (Å²) >= 11 is 0. The van der Waals surface area contributed by atoms with E-state index in [0.717, 1.165) is 0 Å². The maximum atomic E-state index is 11.5. The van der Waals surface area contributed by atoms with E-state index in [2.05, 4.69) is 0 Å². The maximum absolute atomic E-state index is 11.5. The second kappa shape index (κ2) is 3.93. The number of quaternary nitrogens is 1. The van der Waals surface area contributed by atoms with Crippen LogP contribution in [0.25, 0.3) is 11.0 Å². The van der Waals surface area contributed by atoms with E-state index in [1.54, 1.807) is 0 Å². The van der Waals surface area contributed by atoms with Crippen molar-refractivity contribution < 1.29 is 9.48 Å². The number of hydrogen-bond donors (Lipinski definition) is 6. The molecule has 0 spiro atoms. The van der Waals surface area contributed by atoms with Gasteiger partial charge in [0.2, 0.25) is 0 Å². The summed E-state index contributed by atoms with van der Waals surface area (Å²) in [6, 6.07) is 0. The van der Waals surface area contributed by atoms with Gasteiger partial charge in [0.1, 0.15) is 17.1 Å². The van der Waals surface area contributed by atoms with Crippen molar-refractivity contribution in [2.75, 3.05) is 35.7 Å². The van der Waals surface area contributed by atoms with E-state index in [4.69, 9.17) is 33.1 Å². The summed E-state index contributed by atoms with van der Waals surface area (Å²) in [6.07, 6.45) is 0. The Bertz CT molecular complexity index is 737. The molecule has 1 heterocycles. The van der Waals surface area contributed by atoms with Crippen LogP contribution in [-0.2, 0) is 0 Å². The number of hydroxylamine groups is 1. The minimum absolute atomic E-state index is 0.00218. The highest BCUT2D eigenvalue weighted by Gasteiger charge is 2.23. The van der Waals surface area contributed by atoms with Gasteiger partial charge in [0.05, 0.1) is 23.8 Å². The SMILES string of the molecule is C[NH+]([O-])c1c(N)c(N)c2c(N)c(N)c(=O)oc2c1N. The van der Waals surface area contributed by atoms with Crippen LogP contribution >= 0.6 is 0 Å². The van der Waals surface area contributed by atoms with Gasteiger partial charge >= 0.3 is 5.63 Å². The minimum atomic E-state index is -0.852. The van der Waals surface area contributed by atoms with Crippen LogP contribution < -0.4 is 39.4 Å². The average molecular weight is 266 g/mol. The zero-order valence-corrected chi connectivity index (χ0v) is 10.1. The van der Waals surface area contributed by atoms with Gasteiger partial charge in [0, 0.05) is 0 Å². The molecule has 11 N–H and O–H groups in total. The number of nitrogens with one attached hydrogen (secondary N) is 1. The molecule has 0 radical (unpaired) electrons. The lowest BCUT2D eigenvalue weighted by molar-refractivity contribution is -0.750. The van der Waals surface area contributed by atoms with Gasteiger partial charge in [0.25, 0.3) is 0 Å². The molecule has 0 saturated carbocycles. The lowest BCUT2D eigenvalue weighted by atomic mass is 10.1. The molecule has 102 valence electrons. The Labute approximate surface area is 107 Å². The number of anilines is 5. The molecular weight excluding hydrogens is 252 g/mol. The predicted molar refractivity (Wildman–Crippen MR) is 74.5 cm³/mol. The fraction of sp³-hybridized carbons (Fsp3) is 0.100. The van der Waals surface area contributed by atoms with Gasteiger partial charge < -0.3 is 43.4 Å². The Morgan fingerprint density at radius 1 is 0.947 bits per heavy atom. The Morgan fingerprint density at radius 3 is 2.00 bits per heavy atom. The van der Waals surface area contributed by atoms with Crippen LogP contribution in [0, 0.1) is 5.21 Å². The Hall–Kier alpha value is -2.65. The molecule has 9 heteroatoms. The molecule has 0 fully saturated rings. The van der Waals surface area contributed by atoms with Gasteiger partial charge in [-0.1, -0.05) is 0 Å². The van der Waals surface area contributed by atoms with Crippen LogP contribution in [0.15, 0.2) is 9.21 Å². The van der Waals surface area contributed by atoms with E-state index in [1.165, 1.54) is 7.05 Å². The lowest BCUT2D eigenvalue weighted by Gasteiger charge is -2.21. The quantitative estimate of drug-likeness (QED) is 0.201. The van der Waals surface area contributed by atoms with Crippen molar-refractivity contribution in [2.24, 2.45) is 0 Å². The summed E-state index contributed by atoms with van der Waals surface area (Å²) in [4.78, 5) is 11.5. The highest BCUT2D eigenvalue weighted by Crippen LogP contribution is 2.41. The number of hydrogen-bond acceptors (Lipinski definition) is 8. The normalized spacial score (nSPS) is 12.7. The van der Waals surface area contributed by atoms with Crippen molar-refractivity contribution in [2.45, 2.75) is 0 Å². The molecule has 0 saturated heterocycles. The summed E-state index contributed by atoms with van der Waals surface area (Å²) in [5, 5.41) is 11.3. The summed E-state index contributed by atoms with van der Waals surface area (Å²) in [5.74, 6) is 0. The molecule has 0 aliphatic rings. The number of nitrogens with two attached hydrogens (primary N) is 5. The van der Waals surface area contributed by atoms with Gasteiger partial charge in [-0.25, -0.2) is 4.79 Å². The number of fused-ring (bicyclic) bond motifs is 1. The first-order valence-electron chi connectivity index (χ1n) is 5.26. The van der Waals surface area contributed by atoms with Crippen LogP contribution in [0.3, 0.4) is 0 Å². The Morgan fingerprint density at radius 2 is 1.47 bits per heavy atom. The molecule has 0 amide bonds. The fourth-order valence-electron chi connectivity index (χ4n) is 1.93. The predicted octanol–water partition coefficient (Wildman–Crippen LogP) is -1.65. The van der Waals surface area contributed by atoms with Crippen molar-refractivity contribution in [3.63, 3.8) is 0 Å². The zero-order valence-electron chi connectivity index (χ0n) is 10.1. The summed E-state index contributed by atoms with van der Waals surface area (Å²) in [5.41, 5.74) is 27.2. The highest BCUT2D eigenvalue weighted by atomic mass is 16.5. The van der Waals surface area contributed by atoms with Crippen molar-refractivity contribution in [1.29, 1.82) is 0 Å². The van der Waals surface area contributed by atoms with E-state index in [9.17, 15) is 10.0 Å². The third kappa shape index (κ3) is 1.60. The second-order valence-electron chi connectivity index (χ2n) is 4.09. The molecule has 0 aliphatic heterocycles. The monoisotopic (exact) mass is 266 g/mol. The maximum Gasteiger partial charge on any atom is 0.361 e. The van der Waals surface area contributed by atoms with Crippen LogP contribution in [0.2, 0.25) is 0 Å². The van der Waals surface area contributed by atoms with E-state index >= 15 is 0 Å². The molecule has 1 aromatic carbocycles. The van der Waals surface area contributed by atoms with Gasteiger partial charge in [-0.3, -0.25) is 0 Å². The zero-order chi connectivity index (χ0) is 14.5. The molecule has 19 heavy (non-hydrogen) atoms. The molecule has 2 aromatic rings. The second-order valence-corrected chi connectivity index (χ2v) is 4.09. The molecule has 9 nitrogen and oxygen atoms in total. The third-order valence-electron chi connectivity index (χ3n) is 2.90. The smallest absolute Gasteiger partial charge is 0.361 e. The molecular formula is C10H14N6O3. The molecule has 0 bridgehead atoms. The van der Waals surface area contributed by atoms with Gasteiger partial charge in [0.15, 0.2) is 11.3 Å². The Kier molecular flexibility index (Phi) is 2.65. The third-order valence-corrected chi connectivity index (χ3v) is 2.90. The first-order valence-corrected chi connectivity index (χ1v) is 5.26. The highest BCUT2D eigenvalue weighted by molar-refractivity contribution is 6.14. The van der Waals surface area contributed by atoms with Gasteiger partial charge in [-0.2, -0.15) is 0 Å². The number of benzene rings is 1. The van der Waals surface area contributed by atoms with Crippen molar-refractivity contribution >= 4 is 45.1 Å². The van der Waals surface area contributed by atoms with Crippen LogP contribution in [0.5, 0.6) is 0 Å². The summed E-state index contributed by atoms with van der Waals surface area (Å²) < 4.78 is 4.96. The standard InChI is InChI=1S/C10H14N6O3/c1-16(18)8-5(13)3(11)2-4(12)6(14)10(17)19-9(2)7(8)15/h16H,11-15H2,1H3. The number of nitrogen functional groups attached to an aromatic ring is 5. The van der Waals surface area contributed by atoms with Crippen LogP contribution in [0.1, 0.15) is 0 Å². The molecule has 2 rings (SSSR count). The molecule has 0 aliphatic carbocycles. The van der Waals surface area contributed by atoms with Crippen LogP contribution in [-0.4, -0.2) is 7.05 Å². The Balaban J connectivity index is 3.12. The lowest BCUT2D eigenvalue weighted by Crippen LogP contribution is -2.98. The molecule has 1 aromatic heterocycles. The molecule has 1 unspecified atom stereocenters. The van der Waals surface area contributed by atoms with Crippen LogP contribution in [0.4, 0.5) is 34.1 Å². The van der Waals surface area contributed by atoms with Crippen molar-refractivity contribution in [3.8, 4) is 0 Å². The van der Waals surface area contributed by atoms with Crippen molar-refractivity contribution in [1.82, 2.24) is 0 Å². The first kappa shape index (κ1) is 12.8. The van der Waals surface area contributed by atoms with E-state index < -0.39 is 10.7 Å². The van der Waals surface area contributed by atoms with E-state index in [1.807, 2.05) is 0 Å². The first-order chi connectivity index (χ1) is 8.77. The van der Waals surface area contributed by atoms with E-state index in [-0.39, 0.29) is 45.1 Å². The van der Waals surface area contributed by atoms with Gasteiger partial charge in [-0.15, -0.1) is 0 Å². The molecule has 1 atom stereocenters. The largest absolute Gasteiger partial charge is 0.629 e. The van der Waals surface area contributed by atoms with Crippen molar-refractivity contribution in [3.05, 3.63) is 15.6 Å². The number of rotatable bonds is 1. The topological polar surface area (TPSA) is 188 Å². The minimum Gasteiger partial charge on any atom is -0.629 e. The van der Waals surface area contributed by atoms with E-state index in [0.29, 0.717) is 0 Å².